The molecule has 0 aromatic carbocycles. The molecule has 1 aliphatic rings. The molecule has 0 heterocycles. The summed E-state index contributed by atoms with van der Waals surface area (Å²) >= 11 is 1.69. The molecule has 0 aromatic heterocycles. The number of nitrogens with one attached hydrogen (secondary N) is 1. The summed E-state index contributed by atoms with van der Waals surface area (Å²) in [7, 11) is 0. The van der Waals surface area contributed by atoms with Crippen LogP contribution in [0.15, 0.2) is 0 Å². The van der Waals surface area contributed by atoms with Crippen LogP contribution in [0, 0.1) is 5.92 Å². The first-order valence-corrected chi connectivity index (χ1v) is 7.63. The molecule has 4 N–H and O–H groups in total. The molecule has 96 valence electrons. The Morgan fingerprint density at radius 2 is 2.12 bits per heavy atom. The van der Waals surface area contributed by atoms with Crippen LogP contribution in [-0.4, -0.2) is 41.8 Å². The zero-order valence-electron chi connectivity index (χ0n) is 10.5. The summed E-state index contributed by atoms with van der Waals surface area (Å²) in [6.45, 7) is 3.34. The Morgan fingerprint density at radius 1 is 1.44 bits per heavy atom. The Bertz CT molecular complexity index is 199. The van der Waals surface area contributed by atoms with Gasteiger partial charge >= 0.3 is 0 Å². The van der Waals surface area contributed by atoms with Gasteiger partial charge in [0.1, 0.15) is 0 Å². The molecule has 3 unspecified atom stereocenters. The summed E-state index contributed by atoms with van der Waals surface area (Å²) in [5, 5.41) is 13.6. The lowest BCUT2D eigenvalue weighted by molar-refractivity contribution is 0.0756. The smallest absolute Gasteiger partial charge is 0.0833 e. The quantitative estimate of drug-likeness (QED) is 0.659. The monoisotopic (exact) mass is 246 g/mol. The molecule has 3 atom stereocenters. The van der Waals surface area contributed by atoms with Crippen molar-refractivity contribution in [1.29, 1.82) is 0 Å². The predicted octanol–water partition coefficient (Wildman–Crippen LogP) is 1.21. The van der Waals surface area contributed by atoms with E-state index in [1.807, 2.05) is 13.2 Å². The number of nitrogens with two attached hydrogens (primary N) is 1. The van der Waals surface area contributed by atoms with Crippen molar-refractivity contribution in [2.45, 2.75) is 44.2 Å². The van der Waals surface area contributed by atoms with Gasteiger partial charge in [-0.25, -0.2) is 0 Å². The minimum absolute atomic E-state index is 0.507. The lowest BCUT2D eigenvalue weighted by Crippen LogP contribution is -2.49. The van der Waals surface area contributed by atoms with E-state index in [9.17, 15) is 5.11 Å². The molecule has 0 amide bonds. The highest BCUT2D eigenvalue weighted by molar-refractivity contribution is 7.98. The van der Waals surface area contributed by atoms with E-state index in [4.69, 9.17) is 5.73 Å². The maximum atomic E-state index is 10.1. The third kappa shape index (κ3) is 4.62. The third-order valence-corrected chi connectivity index (χ3v) is 4.32. The van der Waals surface area contributed by atoms with Crippen molar-refractivity contribution in [2.24, 2.45) is 11.7 Å². The molecule has 16 heavy (non-hydrogen) atoms. The van der Waals surface area contributed by atoms with Crippen molar-refractivity contribution in [3.8, 4) is 0 Å². The maximum absolute atomic E-state index is 10.1. The molecule has 1 rings (SSSR count). The largest absolute Gasteiger partial charge is 0.388 e. The van der Waals surface area contributed by atoms with Gasteiger partial charge in [-0.3, -0.25) is 0 Å². The Labute approximate surface area is 104 Å². The topological polar surface area (TPSA) is 58.3 Å². The summed E-state index contributed by atoms with van der Waals surface area (Å²) in [5.41, 5.74) is 5.18. The molecule has 1 aliphatic carbocycles. The van der Waals surface area contributed by atoms with E-state index in [2.05, 4.69) is 5.32 Å². The molecule has 3 nitrogen and oxygen atoms in total. The Hall–Kier alpha value is 0.230. The Balaban J connectivity index is 2.34. The van der Waals surface area contributed by atoms with E-state index in [1.54, 1.807) is 11.8 Å². The van der Waals surface area contributed by atoms with Gasteiger partial charge in [-0.15, -0.1) is 0 Å². The van der Waals surface area contributed by atoms with Crippen LogP contribution in [0.25, 0.3) is 0 Å². The highest BCUT2D eigenvalue weighted by Crippen LogP contribution is 2.24. The van der Waals surface area contributed by atoms with Gasteiger partial charge in [-0.05, 0) is 38.5 Å². The van der Waals surface area contributed by atoms with E-state index >= 15 is 0 Å². The van der Waals surface area contributed by atoms with Crippen molar-refractivity contribution in [1.82, 2.24) is 5.32 Å². The van der Waals surface area contributed by atoms with Gasteiger partial charge in [0.05, 0.1) is 5.60 Å². The highest BCUT2D eigenvalue weighted by Gasteiger charge is 2.26. The fourth-order valence-corrected chi connectivity index (χ4v) is 3.20. The van der Waals surface area contributed by atoms with E-state index in [0.29, 0.717) is 18.5 Å². The molecule has 4 heteroatoms. The zero-order valence-corrected chi connectivity index (χ0v) is 11.4. The summed E-state index contributed by atoms with van der Waals surface area (Å²) in [4.78, 5) is 0. The molecule has 0 bridgehead atoms. The van der Waals surface area contributed by atoms with Crippen LogP contribution in [0.5, 0.6) is 0 Å². The zero-order chi connectivity index (χ0) is 12.0. The summed E-state index contributed by atoms with van der Waals surface area (Å²) in [5.74, 6) is 1.37. The third-order valence-electron chi connectivity index (χ3n) is 3.41. The van der Waals surface area contributed by atoms with Gasteiger partial charge < -0.3 is 16.2 Å². The molecule has 0 spiro atoms. The summed E-state index contributed by atoms with van der Waals surface area (Å²) in [6.07, 6.45) is 7.06. The van der Waals surface area contributed by atoms with Crippen LogP contribution < -0.4 is 11.1 Å². The van der Waals surface area contributed by atoms with Crippen molar-refractivity contribution in [3.05, 3.63) is 0 Å². The van der Waals surface area contributed by atoms with E-state index in [1.165, 1.54) is 25.7 Å². The average molecular weight is 246 g/mol. The van der Waals surface area contributed by atoms with Crippen molar-refractivity contribution in [2.75, 3.05) is 25.1 Å². The van der Waals surface area contributed by atoms with Crippen molar-refractivity contribution in [3.63, 3.8) is 0 Å². The molecular formula is C12H26N2OS. The van der Waals surface area contributed by atoms with E-state index in [0.717, 1.165) is 12.3 Å². The van der Waals surface area contributed by atoms with Gasteiger partial charge in [-0.1, -0.05) is 12.8 Å². The standard InChI is InChI=1S/C12H26N2OS/c1-12(15,9-16-2)8-14-11-6-4-3-5-10(11)7-13/h10-11,14-15H,3-9,13H2,1-2H3. The first-order chi connectivity index (χ1) is 7.59. The summed E-state index contributed by atoms with van der Waals surface area (Å²) in [6, 6.07) is 0.507. The van der Waals surface area contributed by atoms with Gasteiger partial charge in [0, 0.05) is 18.3 Å². The lowest BCUT2D eigenvalue weighted by Gasteiger charge is -2.34. The first-order valence-electron chi connectivity index (χ1n) is 6.24. The molecule has 0 radical (unpaired) electrons. The van der Waals surface area contributed by atoms with E-state index in [-0.39, 0.29) is 0 Å². The fourth-order valence-electron chi connectivity index (χ4n) is 2.47. The maximum Gasteiger partial charge on any atom is 0.0833 e. The van der Waals surface area contributed by atoms with Gasteiger partial charge in [0.2, 0.25) is 0 Å². The molecule has 1 saturated carbocycles. The van der Waals surface area contributed by atoms with Crippen LogP contribution in [0.4, 0.5) is 0 Å². The lowest BCUT2D eigenvalue weighted by atomic mass is 9.84. The number of aliphatic hydroxyl groups is 1. The van der Waals surface area contributed by atoms with Gasteiger partial charge in [0.15, 0.2) is 0 Å². The second kappa shape index (κ2) is 6.84. The van der Waals surface area contributed by atoms with Crippen LogP contribution in [-0.2, 0) is 0 Å². The predicted molar refractivity (Wildman–Crippen MR) is 71.8 cm³/mol. The minimum Gasteiger partial charge on any atom is -0.388 e. The average Bonchev–Trinajstić information content (AvgIpc) is 2.27. The molecular weight excluding hydrogens is 220 g/mol. The van der Waals surface area contributed by atoms with Crippen LogP contribution >= 0.6 is 11.8 Å². The van der Waals surface area contributed by atoms with Crippen molar-refractivity contribution < 1.29 is 5.11 Å². The van der Waals surface area contributed by atoms with Crippen LogP contribution in [0.1, 0.15) is 32.6 Å². The number of hydrogen-bond donors (Lipinski definition) is 3. The SMILES string of the molecule is CSCC(C)(O)CNC1CCCCC1CN. The Morgan fingerprint density at radius 3 is 2.75 bits per heavy atom. The normalized spacial score (nSPS) is 30.0. The highest BCUT2D eigenvalue weighted by atomic mass is 32.2. The number of rotatable bonds is 6. The van der Waals surface area contributed by atoms with Crippen LogP contribution in [0.3, 0.4) is 0 Å². The number of hydrogen-bond acceptors (Lipinski definition) is 4. The second-order valence-electron chi connectivity index (χ2n) is 5.20. The molecule has 0 aliphatic heterocycles. The summed E-state index contributed by atoms with van der Waals surface area (Å²) < 4.78 is 0. The van der Waals surface area contributed by atoms with Gasteiger partial charge in [-0.2, -0.15) is 11.8 Å². The number of thioether (sulfide) groups is 1. The fraction of sp³-hybridized carbons (Fsp3) is 1.00. The van der Waals surface area contributed by atoms with Gasteiger partial charge in [0.25, 0.3) is 0 Å². The molecule has 1 fully saturated rings. The first kappa shape index (κ1) is 14.3. The second-order valence-corrected chi connectivity index (χ2v) is 6.06. The minimum atomic E-state index is -0.601. The van der Waals surface area contributed by atoms with Crippen molar-refractivity contribution >= 4 is 11.8 Å². The van der Waals surface area contributed by atoms with Crippen LogP contribution in [0.2, 0.25) is 0 Å². The Kier molecular flexibility index (Phi) is 6.11. The van der Waals surface area contributed by atoms with E-state index < -0.39 is 5.60 Å². The molecule has 0 saturated heterocycles. The molecule has 0 aromatic rings.